The summed E-state index contributed by atoms with van der Waals surface area (Å²) in [6.45, 7) is 5.83. The van der Waals surface area contributed by atoms with E-state index in [1.165, 1.54) is 0 Å². The number of carbonyl (C=O) groups is 2. The van der Waals surface area contributed by atoms with Gasteiger partial charge in [0.2, 0.25) is 5.88 Å². The Hall–Kier alpha value is -2.38. The second kappa shape index (κ2) is 8.75. The molecule has 1 N–H and O–H groups in total. The van der Waals surface area contributed by atoms with Crippen molar-refractivity contribution in [2.45, 2.75) is 57.9 Å². The highest BCUT2D eigenvalue weighted by Gasteiger charge is 2.40. The highest BCUT2D eigenvalue weighted by atomic mass is 19.3. The van der Waals surface area contributed by atoms with Crippen molar-refractivity contribution in [3.8, 4) is 5.88 Å². The van der Waals surface area contributed by atoms with E-state index in [0.717, 1.165) is 44.5 Å². The molecule has 28 heavy (non-hydrogen) atoms. The molecule has 0 unspecified atom stereocenters. The van der Waals surface area contributed by atoms with Gasteiger partial charge < -0.3 is 15.0 Å². The van der Waals surface area contributed by atoms with Crippen molar-refractivity contribution in [1.82, 2.24) is 10.3 Å². The number of rotatable bonds is 9. The van der Waals surface area contributed by atoms with Gasteiger partial charge in [0.25, 0.3) is 5.91 Å². The van der Waals surface area contributed by atoms with Crippen LogP contribution in [0.1, 0.15) is 62.9 Å². The van der Waals surface area contributed by atoms with Crippen molar-refractivity contribution in [2.24, 2.45) is 5.92 Å². The lowest BCUT2D eigenvalue weighted by Gasteiger charge is -2.28. The summed E-state index contributed by atoms with van der Waals surface area (Å²) in [6.07, 6.45) is 4.94. The summed E-state index contributed by atoms with van der Waals surface area (Å²) < 4.78 is 18.5. The number of carbonyl (C=O) groups excluding carboxylic acids is 2. The number of ether oxygens (including phenoxy) is 1. The first kappa shape index (κ1) is 20.4. The minimum absolute atomic E-state index is 0.131. The van der Waals surface area contributed by atoms with Gasteiger partial charge in [-0.1, -0.05) is 13.8 Å². The number of hydrogen-bond acceptors (Lipinski definition) is 6. The molecular formula is C20H28FN3O4. The predicted octanol–water partition coefficient (Wildman–Crippen LogP) is 3.19. The summed E-state index contributed by atoms with van der Waals surface area (Å²) >= 11 is 0. The van der Waals surface area contributed by atoms with Crippen LogP contribution in [-0.2, 0) is 9.74 Å². The molecule has 8 heteroatoms. The van der Waals surface area contributed by atoms with E-state index >= 15 is 0 Å². The van der Waals surface area contributed by atoms with Gasteiger partial charge in [-0.15, -0.1) is 0 Å². The quantitative estimate of drug-likeness (QED) is 0.694. The molecule has 2 aliphatic rings. The van der Waals surface area contributed by atoms with Crippen LogP contribution in [0.25, 0.3) is 0 Å². The maximum Gasteiger partial charge on any atom is 0.373 e. The van der Waals surface area contributed by atoms with Gasteiger partial charge in [0.05, 0.1) is 12.3 Å². The number of anilines is 1. The Kier molecular flexibility index (Phi) is 6.36. The molecule has 0 aromatic carbocycles. The SMILES string of the molecule is CCC(CC)(NC(=O)c1ccc(N2CCCC2)c(OCC2CC2)n1)C(=O)OF. The van der Waals surface area contributed by atoms with Crippen LogP contribution in [-0.4, -0.2) is 42.1 Å². The molecule has 7 nitrogen and oxygen atoms in total. The molecule has 3 rings (SSSR count). The largest absolute Gasteiger partial charge is 0.476 e. The Bertz CT molecular complexity index is 713. The van der Waals surface area contributed by atoms with Gasteiger partial charge in [-0.2, -0.15) is 0 Å². The zero-order valence-electron chi connectivity index (χ0n) is 16.5. The maximum absolute atomic E-state index is 12.8. The third-order valence-corrected chi connectivity index (χ3v) is 5.69. The molecule has 2 fully saturated rings. The average Bonchev–Trinajstić information content (AvgIpc) is 3.40. The molecule has 1 aliphatic heterocycles. The fourth-order valence-corrected chi connectivity index (χ4v) is 3.47. The number of amides is 1. The van der Waals surface area contributed by atoms with Crippen LogP contribution in [0, 0.1) is 5.92 Å². The highest BCUT2D eigenvalue weighted by molar-refractivity contribution is 5.97. The summed E-state index contributed by atoms with van der Waals surface area (Å²) in [5.41, 5.74) is -0.405. The van der Waals surface area contributed by atoms with Crippen LogP contribution in [0.3, 0.4) is 0 Å². The fourth-order valence-electron chi connectivity index (χ4n) is 3.47. The molecule has 1 aliphatic carbocycles. The van der Waals surface area contributed by atoms with E-state index in [0.29, 0.717) is 18.4 Å². The zero-order valence-corrected chi connectivity index (χ0v) is 16.5. The van der Waals surface area contributed by atoms with Crippen LogP contribution in [0.2, 0.25) is 0 Å². The average molecular weight is 393 g/mol. The summed E-state index contributed by atoms with van der Waals surface area (Å²) in [5, 5.41) is 2.61. The Balaban J connectivity index is 1.82. The smallest absolute Gasteiger partial charge is 0.373 e. The maximum atomic E-state index is 12.8. The first-order valence-electron chi connectivity index (χ1n) is 10.1. The van der Waals surface area contributed by atoms with Gasteiger partial charge in [0.15, 0.2) is 0 Å². The van der Waals surface area contributed by atoms with E-state index in [4.69, 9.17) is 4.74 Å². The Morgan fingerprint density at radius 2 is 1.93 bits per heavy atom. The van der Waals surface area contributed by atoms with E-state index in [2.05, 4.69) is 20.1 Å². The molecule has 1 aromatic rings. The van der Waals surface area contributed by atoms with Gasteiger partial charge in [-0.3, -0.25) is 9.74 Å². The summed E-state index contributed by atoms with van der Waals surface area (Å²) in [5.74, 6) is -0.672. The summed E-state index contributed by atoms with van der Waals surface area (Å²) in [6, 6.07) is 3.45. The van der Waals surface area contributed by atoms with Crippen LogP contribution < -0.4 is 15.0 Å². The predicted molar refractivity (Wildman–Crippen MR) is 102 cm³/mol. The number of pyridine rings is 1. The van der Waals surface area contributed by atoms with E-state index < -0.39 is 17.4 Å². The fraction of sp³-hybridized carbons (Fsp3) is 0.650. The monoisotopic (exact) mass is 393 g/mol. The molecule has 1 aromatic heterocycles. The Labute approximate surface area is 164 Å². The molecule has 1 amide bonds. The molecule has 0 radical (unpaired) electrons. The molecule has 0 bridgehead atoms. The molecule has 1 saturated heterocycles. The Morgan fingerprint density at radius 1 is 1.25 bits per heavy atom. The van der Waals surface area contributed by atoms with Crippen molar-refractivity contribution in [3.63, 3.8) is 0 Å². The van der Waals surface area contributed by atoms with E-state index in [-0.39, 0.29) is 18.5 Å². The minimum Gasteiger partial charge on any atom is -0.476 e. The standard InChI is InChI=1S/C20H28FN3O4/c1-3-20(4-2,19(26)28-21)23-17(25)15-9-10-16(24-11-5-6-12-24)18(22-15)27-13-14-7-8-14/h9-10,14H,3-8,11-13H2,1-2H3,(H,23,25). The van der Waals surface area contributed by atoms with Crippen molar-refractivity contribution >= 4 is 17.6 Å². The number of hydrogen-bond donors (Lipinski definition) is 1. The lowest BCUT2D eigenvalue weighted by Crippen LogP contribution is -2.54. The molecule has 0 spiro atoms. The zero-order chi connectivity index (χ0) is 20.1. The van der Waals surface area contributed by atoms with Crippen LogP contribution in [0.15, 0.2) is 12.1 Å². The minimum atomic E-state index is -1.42. The van der Waals surface area contributed by atoms with Gasteiger partial charge in [-0.25, -0.2) is 9.78 Å². The van der Waals surface area contributed by atoms with Crippen molar-refractivity contribution < 1.29 is 23.8 Å². The van der Waals surface area contributed by atoms with Gasteiger partial charge in [-0.05, 0) is 56.6 Å². The van der Waals surface area contributed by atoms with E-state index in [9.17, 15) is 14.1 Å². The van der Waals surface area contributed by atoms with E-state index in [1.807, 2.05) is 6.07 Å². The van der Waals surface area contributed by atoms with Crippen LogP contribution in [0.5, 0.6) is 5.88 Å². The lowest BCUT2D eigenvalue weighted by molar-refractivity contribution is -0.192. The van der Waals surface area contributed by atoms with Crippen molar-refractivity contribution in [2.75, 3.05) is 24.6 Å². The van der Waals surface area contributed by atoms with Crippen LogP contribution in [0.4, 0.5) is 10.2 Å². The number of halogens is 1. The van der Waals surface area contributed by atoms with Gasteiger partial charge in [0, 0.05) is 17.6 Å². The molecule has 0 atom stereocenters. The molecule has 2 heterocycles. The molecular weight excluding hydrogens is 365 g/mol. The number of nitrogens with one attached hydrogen (secondary N) is 1. The van der Waals surface area contributed by atoms with Gasteiger partial charge in [0.1, 0.15) is 11.2 Å². The molecule has 154 valence electrons. The number of aromatic nitrogens is 1. The van der Waals surface area contributed by atoms with Gasteiger partial charge >= 0.3 is 5.97 Å². The first-order valence-corrected chi connectivity index (χ1v) is 10.1. The summed E-state index contributed by atoms with van der Waals surface area (Å²) in [4.78, 5) is 34.7. The van der Waals surface area contributed by atoms with E-state index in [1.54, 1.807) is 19.9 Å². The molecule has 1 saturated carbocycles. The Morgan fingerprint density at radius 3 is 2.50 bits per heavy atom. The highest BCUT2D eigenvalue weighted by Crippen LogP contribution is 2.33. The second-order valence-corrected chi connectivity index (χ2v) is 7.58. The second-order valence-electron chi connectivity index (χ2n) is 7.58. The lowest BCUT2D eigenvalue weighted by atomic mass is 9.92. The summed E-state index contributed by atoms with van der Waals surface area (Å²) in [7, 11) is 0. The topological polar surface area (TPSA) is 80.8 Å². The van der Waals surface area contributed by atoms with Crippen molar-refractivity contribution in [1.29, 1.82) is 0 Å². The third-order valence-electron chi connectivity index (χ3n) is 5.69. The van der Waals surface area contributed by atoms with Crippen LogP contribution >= 0.6 is 0 Å². The normalized spacial score (nSPS) is 16.8. The van der Waals surface area contributed by atoms with Crippen molar-refractivity contribution in [3.05, 3.63) is 17.8 Å². The first-order chi connectivity index (χ1) is 13.5. The third kappa shape index (κ3) is 4.36. The number of nitrogens with zero attached hydrogens (tertiary/aromatic N) is 2.